The first-order valence-corrected chi connectivity index (χ1v) is 12.6. The second-order valence-electron chi connectivity index (χ2n) is 9.03. The van der Waals surface area contributed by atoms with E-state index in [1.54, 1.807) is 33.4 Å². The van der Waals surface area contributed by atoms with Gasteiger partial charge in [0, 0.05) is 17.8 Å². The molecule has 1 N–H and O–H groups in total. The highest BCUT2D eigenvalue weighted by molar-refractivity contribution is 7.91. The lowest BCUT2D eigenvalue weighted by Gasteiger charge is -2.45. The Morgan fingerprint density at radius 3 is 2.76 bits per heavy atom. The van der Waals surface area contributed by atoms with Crippen LogP contribution in [0.4, 0.5) is 5.82 Å². The fourth-order valence-electron chi connectivity index (χ4n) is 4.40. The van der Waals surface area contributed by atoms with Crippen LogP contribution in [0.1, 0.15) is 26.5 Å². The van der Waals surface area contributed by atoms with Crippen LogP contribution in [-0.4, -0.2) is 73.6 Å². The van der Waals surface area contributed by atoms with E-state index in [9.17, 15) is 8.42 Å². The van der Waals surface area contributed by atoms with Crippen molar-refractivity contribution in [1.82, 2.24) is 19.9 Å². The third kappa shape index (κ3) is 3.33. The first-order chi connectivity index (χ1) is 15.6. The van der Waals surface area contributed by atoms with E-state index in [4.69, 9.17) is 24.2 Å². The Labute approximate surface area is 192 Å². The van der Waals surface area contributed by atoms with Gasteiger partial charge < -0.3 is 24.1 Å². The van der Waals surface area contributed by atoms with E-state index in [0.29, 0.717) is 59.9 Å². The monoisotopic (exact) mass is 473 g/mol. The van der Waals surface area contributed by atoms with Gasteiger partial charge in [0.2, 0.25) is 0 Å². The molecule has 33 heavy (non-hydrogen) atoms. The summed E-state index contributed by atoms with van der Waals surface area (Å²) in [6.45, 7) is 6.76. The smallest absolute Gasteiger partial charge is 0.185 e. The zero-order valence-corrected chi connectivity index (χ0v) is 20.1. The second-order valence-corrected chi connectivity index (χ2v) is 11.6. The number of fused-ring (bicyclic) bond motifs is 4. The zero-order valence-electron chi connectivity index (χ0n) is 19.2. The van der Waals surface area contributed by atoms with Crippen LogP contribution in [0.2, 0.25) is 0 Å². The number of hydrogen-bond donors (Lipinski definition) is 1. The Morgan fingerprint density at radius 2 is 2.03 bits per heavy atom. The van der Waals surface area contributed by atoms with Gasteiger partial charge in [-0.15, -0.1) is 0 Å². The van der Waals surface area contributed by atoms with Gasteiger partial charge in [0.15, 0.2) is 27.2 Å². The molecule has 1 saturated heterocycles. The lowest BCUT2D eigenvalue weighted by Crippen LogP contribution is -2.56. The van der Waals surface area contributed by atoms with E-state index < -0.39 is 14.6 Å². The van der Waals surface area contributed by atoms with E-state index >= 15 is 0 Å². The Hall–Kier alpha value is -2.92. The molecule has 2 atom stereocenters. The summed E-state index contributed by atoms with van der Waals surface area (Å²) in [6.07, 6.45) is 4.60. The summed E-state index contributed by atoms with van der Waals surface area (Å²) in [7, 11) is -1.98. The minimum absolute atomic E-state index is 0.0233. The van der Waals surface area contributed by atoms with Gasteiger partial charge in [-0.05, 0) is 26.8 Å². The molecule has 0 aliphatic carbocycles. The average Bonchev–Trinajstić information content (AvgIpc) is 3.25. The van der Waals surface area contributed by atoms with Crippen LogP contribution in [0.5, 0.6) is 11.5 Å². The Balaban J connectivity index is 1.84. The van der Waals surface area contributed by atoms with E-state index in [1.165, 1.54) is 6.26 Å². The Morgan fingerprint density at radius 1 is 1.24 bits per heavy atom. The third-order valence-corrected chi connectivity index (χ3v) is 8.59. The molecule has 1 unspecified atom stereocenters. The van der Waals surface area contributed by atoms with Crippen LogP contribution in [0.25, 0.3) is 22.4 Å². The summed E-state index contributed by atoms with van der Waals surface area (Å²) in [5.74, 6) is 1.82. The summed E-state index contributed by atoms with van der Waals surface area (Å²) in [5, 5.41) is 0.778. The highest BCUT2D eigenvalue weighted by atomic mass is 32.2. The molecular formula is C22H27N5O5S. The summed E-state index contributed by atoms with van der Waals surface area (Å²) >= 11 is 0. The molecule has 11 heteroatoms. The summed E-state index contributed by atoms with van der Waals surface area (Å²) < 4.78 is 41.8. The molecule has 10 nitrogen and oxygen atoms in total. The summed E-state index contributed by atoms with van der Waals surface area (Å²) in [6, 6.07) is 1.89. The molecule has 5 heterocycles. The lowest BCUT2D eigenvalue weighted by molar-refractivity contribution is 0.0482. The highest BCUT2D eigenvalue weighted by Gasteiger charge is 2.44. The van der Waals surface area contributed by atoms with Crippen LogP contribution in [-0.2, 0) is 19.3 Å². The number of nitrogens with zero attached hydrogens (tertiary/aromatic N) is 4. The number of aromatic amines is 1. The van der Waals surface area contributed by atoms with Gasteiger partial charge in [-0.1, -0.05) is 0 Å². The van der Waals surface area contributed by atoms with Gasteiger partial charge in [0.25, 0.3) is 0 Å². The number of ether oxygens (including phenoxy) is 3. The second kappa shape index (κ2) is 7.56. The van der Waals surface area contributed by atoms with Crippen LogP contribution in [0.15, 0.2) is 18.5 Å². The molecule has 3 aromatic heterocycles. The van der Waals surface area contributed by atoms with E-state index in [0.717, 1.165) is 5.39 Å². The number of morpholine rings is 1. The van der Waals surface area contributed by atoms with Gasteiger partial charge in [-0.25, -0.2) is 23.4 Å². The van der Waals surface area contributed by atoms with Gasteiger partial charge >= 0.3 is 0 Å². The fourth-order valence-corrected chi connectivity index (χ4v) is 4.89. The van der Waals surface area contributed by atoms with Gasteiger partial charge in [-0.2, -0.15) is 0 Å². The number of rotatable bonds is 4. The maximum Gasteiger partial charge on any atom is 0.185 e. The summed E-state index contributed by atoms with van der Waals surface area (Å²) in [4.78, 5) is 19.4. The predicted octanol–water partition coefficient (Wildman–Crippen LogP) is 2.29. The standard InChI is InChI=1S/C22H27N5O5S/c1-12-9-31-10-13-11-32-17-18(22(2,3)33(5,28)29)25-20(26-21(17)27(12)13)16-14-6-7-23-19(14)24-8-15(16)30-4/h6-8,12-13H,9-11H2,1-5H3,(H,23,24)/t12-,13?/m1/s1. The predicted molar refractivity (Wildman–Crippen MR) is 124 cm³/mol. The lowest BCUT2D eigenvalue weighted by atomic mass is 10.0. The number of nitrogens with one attached hydrogen (secondary N) is 1. The first-order valence-electron chi connectivity index (χ1n) is 10.7. The molecular weight excluding hydrogens is 446 g/mol. The van der Waals surface area contributed by atoms with Crippen molar-refractivity contribution in [3.05, 3.63) is 24.2 Å². The normalized spacial score (nSPS) is 20.8. The van der Waals surface area contributed by atoms with Crippen molar-refractivity contribution in [3.8, 4) is 22.9 Å². The number of pyridine rings is 1. The number of anilines is 1. The number of aromatic nitrogens is 4. The highest BCUT2D eigenvalue weighted by Crippen LogP contribution is 2.46. The van der Waals surface area contributed by atoms with E-state index in [2.05, 4.69) is 21.8 Å². The SMILES string of the molecule is COc1cnc2[nH]ccc2c1-c1nc2c(c(C(C)(C)S(C)(=O)=O)n1)OCC1COC[C@@H](C)N21. The van der Waals surface area contributed by atoms with Crippen molar-refractivity contribution < 1.29 is 22.6 Å². The molecule has 0 aromatic carbocycles. The Bertz CT molecular complexity index is 1340. The zero-order chi connectivity index (χ0) is 23.5. The van der Waals surface area contributed by atoms with Crippen LogP contribution < -0.4 is 14.4 Å². The summed E-state index contributed by atoms with van der Waals surface area (Å²) in [5.41, 5.74) is 1.62. The molecule has 2 aliphatic rings. The van der Waals surface area contributed by atoms with Crippen LogP contribution in [0.3, 0.4) is 0 Å². The maximum absolute atomic E-state index is 12.8. The minimum Gasteiger partial charge on any atom is -0.494 e. The molecule has 3 aromatic rings. The van der Waals surface area contributed by atoms with Gasteiger partial charge in [-0.3, -0.25) is 0 Å². The number of hydrogen-bond acceptors (Lipinski definition) is 9. The average molecular weight is 474 g/mol. The van der Waals surface area contributed by atoms with Crippen molar-refractivity contribution in [2.75, 3.05) is 38.1 Å². The van der Waals surface area contributed by atoms with Crippen molar-refractivity contribution in [2.24, 2.45) is 0 Å². The van der Waals surface area contributed by atoms with Crippen molar-refractivity contribution in [3.63, 3.8) is 0 Å². The van der Waals surface area contributed by atoms with Crippen LogP contribution in [0, 0.1) is 0 Å². The Kier molecular flexibility index (Phi) is 5.02. The van der Waals surface area contributed by atoms with Crippen molar-refractivity contribution >= 4 is 26.7 Å². The maximum atomic E-state index is 12.8. The van der Waals surface area contributed by atoms with E-state index in [-0.39, 0.29) is 12.1 Å². The molecule has 176 valence electrons. The van der Waals surface area contributed by atoms with Gasteiger partial charge in [0.1, 0.15) is 28.4 Å². The number of sulfone groups is 1. The van der Waals surface area contributed by atoms with E-state index in [1.807, 2.05) is 6.07 Å². The molecule has 0 amide bonds. The molecule has 0 bridgehead atoms. The number of H-pyrrole nitrogens is 1. The molecule has 0 spiro atoms. The largest absolute Gasteiger partial charge is 0.494 e. The minimum atomic E-state index is -3.54. The quantitative estimate of drug-likeness (QED) is 0.608. The molecule has 0 saturated carbocycles. The molecule has 2 aliphatic heterocycles. The van der Waals surface area contributed by atoms with Crippen LogP contribution >= 0.6 is 0 Å². The number of methoxy groups -OCH3 is 1. The molecule has 5 rings (SSSR count). The third-order valence-electron chi connectivity index (χ3n) is 6.54. The first kappa shape index (κ1) is 21.9. The molecule has 1 fully saturated rings. The molecule has 0 radical (unpaired) electrons. The topological polar surface area (TPSA) is 120 Å². The fraction of sp³-hybridized carbons (Fsp3) is 0.500. The van der Waals surface area contributed by atoms with Gasteiger partial charge in [0.05, 0.1) is 44.2 Å². The van der Waals surface area contributed by atoms with Crippen molar-refractivity contribution in [2.45, 2.75) is 37.6 Å². The van der Waals surface area contributed by atoms with Crippen molar-refractivity contribution in [1.29, 1.82) is 0 Å².